The van der Waals surface area contributed by atoms with Crippen LogP contribution in [0.3, 0.4) is 0 Å². The lowest BCUT2D eigenvalue weighted by atomic mass is 10.0. The molecule has 1 aromatic heterocycles. The van der Waals surface area contributed by atoms with Gasteiger partial charge in [0.1, 0.15) is 11.3 Å². The third-order valence-corrected chi connectivity index (χ3v) is 4.78. The van der Waals surface area contributed by atoms with Crippen molar-refractivity contribution in [3.63, 3.8) is 0 Å². The fourth-order valence-corrected chi connectivity index (χ4v) is 3.46. The predicted molar refractivity (Wildman–Crippen MR) is 87.2 cm³/mol. The summed E-state index contributed by atoms with van der Waals surface area (Å²) in [6.07, 6.45) is 5.80. The predicted octanol–water partition coefficient (Wildman–Crippen LogP) is 3.44. The van der Waals surface area contributed by atoms with Gasteiger partial charge in [-0.05, 0) is 43.5 Å². The van der Waals surface area contributed by atoms with Crippen molar-refractivity contribution in [1.29, 1.82) is 0 Å². The second kappa shape index (κ2) is 6.13. The lowest BCUT2D eigenvalue weighted by molar-refractivity contribution is 0.238. The first-order valence-corrected chi connectivity index (χ1v) is 8.07. The van der Waals surface area contributed by atoms with Gasteiger partial charge in [0, 0.05) is 30.1 Å². The van der Waals surface area contributed by atoms with Crippen LogP contribution in [0, 0.1) is 0 Å². The fraction of sp³-hybridized carbons (Fsp3) is 0.500. The summed E-state index contributed by atoms with van der Waals surface area (Å²) in [5, 5.41) is 10.9. The molecule has 0 atom stereocenters. The Bertz CT molecular complexity index is 729. The standard InChI is InChI=1S/C18H23NO3/c1-3-12-8-15-13(11-19(2)14-6-4-5-7-14)9-18(21)22-17(15)10-16(12)20/h8-10,14,20H,3-7,11H2,1-2H3. The minimum atomic E-state index is -0.356. The fourth-order valence-electron chi connectivity index (χ4n) is 3.46. The Kier molecular flexibility index (Phi) is 4.21. The topological polar surface area (TPSA) is 53.7 Å². The first-order chi connectivity index (χ1) is 10.6. The maximum Gasteiger partial charge on any atom is 0.336 e. The van der Waals surface area contributed by atoms with Crippen molar-refractivity contribution >= 4 is 11.0 Å². The Labute approximate surface area is 130 Å². The quantitative estimate of drug-likeness (QED) is 0.879. The van der Waals surface area contributed by atoms with Crippen molar-refractivity contribution in [2.75, 3.05) is 7.05 Å². The molecule has 1 heterocycles. The number of phenolic OH excluding ortho intramolecular Hbond substituents is 1. The number of phenols is 1. The van der Waals surface area contributed by atoms with Crippen LogP contribution >= 0.6 is 0 Å². The van der Waals surface area contributed by atoms with Gasteiger partial charge in [-0.3, -0.25) is 4.90 Å². The maximum atomic E-state index is 11.8. The third kappa shape index (κ3) is 2.88. The highest BCUT2D eigenvalue weighted by Crippen LogP contribution is 2.29. The minimum absolute atomic E-state index is 0.194. The normalized spacial score (nSPS) is 16.0. The average molecular weight is 301 g/mol. The van der Waals surface area contributed by atoms with Crippen LogP contribution in [0.5, 0.6) is 5.75 Å². The van der Waals surface area contributed by atoms with Gasteiger partial charge < -0.3 is 9.52 Å². The molecule has 1 aromatic carbocycles. The highest BCUT2D eigenvalue weighted by molar-refractivity contribution is 5.82. The van der Waals surface area contributed by atoms with E-state index >= 15 is 0 Å². The molecule has 0 radical (unpaired) electrons. The second-order valence-corrected chi connectivity index (χ2v) is 6.27. The van der Waals surface area contributed by atoms with Crippen molar-refractivity contribution in [2.45, 2.75) is 51.6 Å². The number of nitrogens with zero attached hydrogens (tertiary/aromatic N) is 1. The molecule has 0 amide bonds. The Hall–Kier alpha value is -1.81. The molecule has 1 fully saturated rings. The van der Waals surface area contributed by atoms with Gasteiger partial charge in [-0.1, -0.05) is 19.8 Å². The van der Waals surface area contributed by atoms with E-state index in [1.165, 1.54) is 25.7 Å². The first-order valence-electron chi connectivity index (χ1n) is 8.07. The van der Waals surface area contributed by atoms with Crippen molar-refractivity contribution < 1.29 is 9.52 Å². The Morgan fingerprint density at radius 1 is 1.23 bits per heavy atom. The van der Waals surface area contributed by atoms with Gasteiger partial charge in [-0.15, -0.1) is 0 Å². The number of fused-ring (bicyclic) bond motifs is 1. The number of rotatable bonds is 4. The zero-order chi connectivity index (χ0) is 15.7. The maximum absolute atomic E-state index is 11.8. The van der Waals surface area contributed by atoms with E-state index in [4.69, 9.17) is 4.42 Å². The largest absolute Gasteiger partial charge is 0.508 e. The summed E-state index contributed by atoms with van der Waals surface area (Å²) >= 11 is 0. The second-order valence-electron chi connectivity index (χ2n) is 6.27. The summed E-state index contributed by atoms with van der Waals surface area (Å²) in [7, 11) is 2.12. The molecular weight excluding hydrogens is 278 g/mol. The molecule has 2 aromatic rings. The van der Waals surface area contributed by atoms with E-state index in [0.717, 1.165) is 29.5 Å². The highest BCUT2D eigenvalue weighted by atomic mass is 16.4. The first kappa shape index (κ1) is 15.1. The molecule has 1 N–H and O–H groups in total. The van der Waals surface area contributed by atoms with Crippen LogP contribution in [0.2, 0.25) is 0 Å². The van der Waals surface area contributed by atoms with Gasteiger partial charge in [0.25, 0.3) is 0 Å². The molecule has 0 bridgehead atoms. The van der Waals surface area contributed by atoms with Gasteiger partial charge >= 0.3 is 5.63 Å². The van der Waals surface area contributed by atoms with Gasteiger partial charge in [-0.25, -0.2) is 4.79 Å². The molecule has 1 aliphatic carbocycles. The summed E-state index contributed by atoms with van der Waals surface area (Å²) < 4.78 is 5.26. The summed E-state index contributed by atoms with van der Waals surface area (Å²) in [5.74, 6) is 0.194. The lowest BCUT2D eigenvalue weighted by Crippen LogP contribution is -2.29. The van der Waals surface area contributed by atoms with Gasteiger partial charge in [0.05, 0.1) is 0 Å². The number of aryl methyl sites for hydroxylation is 1. The van der Waals surface area contributed by atoms with Gasteiger partial charge in [-0.2, -0.15) is 0 Å². The Morgan fingerprint density at radius 2 is 1.95 bits per heavy atom. The SMILES string of the molecule is CCc1cc2c(CN(C)C3CCCC3)cc(=O)oc2cc1O. The van der Waals surface area contributed by atoms with Crippen molar-refractivity contribution in [1.82, 2.24) is 4.90 Å². The number of benzene rings is 1. The Morgan fingerprint density at radius 3 is 2.64 bits per heavy atom. The van der Waals surface area contributed by atoms with Crippen LogP contribution in [0.25, 0.3) is 11.0 Å². The van der Waals surface area contributed by atoms with Crippen molar-refractivity contribution in [3.05, 3.63) is 39.7 Å². The summed E-state index contributed by atoms with van der Waals surface area (Å²) in [5.41, 5.74) is 1.98. The summed E-state index contributed by atoms with van der Waals surface area (Å²) in [4.78, 5) is 14.1. The number of hydrogen-bond acceptors (Lipinski definition) is 4. The van der Waals surface area contributed by atoms with E-state index in [-0.39, 0.29) is 11.4 Å². The average Bonchev–Trinajstić information content (AvgIpc) is 3.00. The van der Waals surface area contributed by atoms with Crippen LogP contribution in [-0.4, -0.2) is 23.1 Å². The molecular formula is C18H23NO3. The lowest BCUT2D eigenvalue weighted by Gasteiger charge is -2.24. The van der Waals surface area contributed by atoms with E-state index in [9.17, 15) is 9.90 Å². The molecule has 0 aliphatic heterocycles. The number of hydrogen-bond donors (Lipinski definition) is 1. The molecule has 4 nitrogen and oxygen atoms in total. The monoisotopic (exact) mass is 301 g/mol. The Balaban J connectivity index is 2.01. The molecule has 1 aliphatic rings. The highest BCUT2D eigenvalue weighted by Gasteiger charge is 2.20. The molecule has 3 rings (SSSR count). The molecule has 0 spiro atoms. The summed E-state index contributed by atoms with van der Waals surface area (Å²) in [6.45, 7) is 2.74. The summed E-state index contributed by atoms with van der Waals surface area (Å²) in [6, 6.07) is 5.70. The zero-order valence-corrected chi connectivity index (χ0v) is 13.3. The van der Waals surface area contributed by atoms with E-state index in [0.29, 0.717) is 11.6 Å². The molecule has 22 heavy (non-hydrogen) atoms. The van der Waals surface area contributed by atoms with E-state index in [1.54, 1.807) is 12.1 Å². The van der Waals surface area contributed by atoms with Crippen LogP contribution in [0.1, 0.15) is 43.7 Å². The van der Waals surface area contributed by atoms with E-state index < -0.39 is 0 Å². The van der Waals surface area contributed by atoms with Crippen molar-refractivity contribution in [2.24, 2.45) is 0 Å². The molecule has 4 heteroatoms. The van der Waals surface area contributed by atoms with Gasteiger partial charge in [0.2, 0.25) is 0 Å². The molecule has 1 saturated carbocycles. The molecule has 118 valence electrons. The van der Waals surface area contributed by atoms with Crippen LogP contribution < -0.4 is 5.63 Å². The van der Waals surface area contributed by atoms with Crippen molar-refractivity contribution in [3.8, 4) is 5.75 Å². The van der Waals surface area contributed by atoms with Gasteiger partial charge in [0.15, 0.2) is 0 Å². The van der Waals surface area contributed by atoms with E-state index in [1.807, 2.05) is 13.0 Å². The molecule has 0 saturated heterocycles. The zero-order valence-electron chi connectivity index (χ0n) is 13.3. The van der Waals surface area contributed by atoms with Crippen LogP contribution in [0.4, 0.5) is 0 Å². The smallest absolute Gasteiger partial charge is 0.336 e. The van der Waals surface area contributed by atoms with Crippen LogP contribution in [0.15, 0.2) is 27.4 Å². The number of aromatic hydroxyl groups is 1. The molecule has 0 unspecified atom stereocenters. The third-order valence-electron chi connectivity index (χ3n) is 4.78. The van der Waals surface area contributed by atoms with Crippen LogP contribution in [-0.2, 0) is 13.0 Å². The minimum Gasteiger partial charge on any atom is -0.508 e. The van der Waals surface area contributed by atoms with E-state index in [2.05, 4.69) is 11.9 Å².